The monoisotopic (exact) mass is 225 g/mol. The van der Waals surface area contributed by atoms with E-state index in [4.69, 9.17) is 11.2 Å². The van der Waals surface area contributed by atoms with Gasteiger partial charge in [0.05, 0.1) is 6.10 Å². The van der Waals surface area contributed by atoms with Crippen LogP contribution >= 0.6 is 0 Å². The number of hydrogen-bond donors (Lipinski definition) is 1. The van der Waals surface area contributed by atoms with E-state index >= 15 is 0 Å². The van der Waals surface area contributed by atoms with Gasteiger partial charge in [-0.3, -0.25) is 0 Å². The number of ether oxygens (including phenoxy) is 1. The van der Waals surface area contributed by atoms with Crippen molar-refractivity contribution in [1.82, 2.24) is 5.32 Å². The Labute approximate surface area is 101 Å². The second-order valence-corrected chi connectivity index (χ2v) is 4.09. The maximum atomic E-state index is 5.81. The highest BCUT2D eigenvalue weighted by atomic mass is 16.5. The van der Waals surface area contributed by atoms with Gasteiger partial charge < -0.3 is 10.1 Å². The molecule has 0 spiro atoms. The highest BCUT2D eigenvalue weighted by molar-refractivity contribution is 4.88. The summed E-state index contributed by atoms with van der Waals surface area (Å²) in [7, 11) is 0. The first kappa shape index (κ1) is 15.5. The van der Waals surface area contributed by atoms with Crippen molar-refractivity contribution in [2.75, 3.05) is 13.2 Å². The average molecular weight is 225 g/mol. The van der Waals surface area contributed by atoms with Gasteiger partial charge in [-0.2, -0.15) is 0 Å². The zero-order valence-electron chi connectivity index (χ0n) is 11.1. The normalized spacial score (nSPS) is 14.4. The topological polar surface area (TPSA) is 21.3 Å². The lowest BCUT2D eigenvalue weighted by Crippen LogP contribution is -2.41. The van der Waals surface area contributed by atoms with E-state index in [1.54, 1.807) is 0 Å². The van der Waals surface area contributed by atoms with Crippen LogP contribution < -0.4 is 5.32 Å². The van der Waals surface area contributed by atoms with Crippen molar-refractivity contribution < 1.29 is 4.74 Å². The molecule has 1 N–H and O–H groups in total. The van der Waals surface area contributed by atoms with Crippen LogP contribution in [0.3, 0.4) is 0 Å². The van der Waals surface area contributed by atoms with Gasteiger partial charge in [0, 0.05) is 19.1 Å². The molecule has 0 aromatic carbocycles. The molecular formula is C14H27NO. The fraction of sp³-hybridized carbons (Fsp3) is 0.857. The molecule has 16 heavy (non-hydrogen) atoms. The minimum atomic E-state index is 0.315. The third kappa shape index (κ3) is 6.87. The van der Waals surface area contributed by atoms with E-state index < -0.39 is 0 Å². The molecule has 0 bridgehead atoms. The Morgan fingerprint density at radius 3 is 2.44 bits per heavy atom. The van der Waals surface area contributed by atoms with Crippen LogP contribution in [-0.2, 0) is 4.74 Å². The Balaban J connectivity index is 4.21. The highest BCUT2D eigenvalue weighted by Crippen LogP contribution is 2.12. The smallest absolute Gasteiger partial charge is 0.0728 e. The lowest BCUT2D eigenvalue weighted by atomic mass is 10.0. The molecule has 0 heterocycles. The summed E-state index contributed by atoms with van der Waals surface area (Å²) < 4.78 is 5.81. The molecule has 0 aliphatic heterocycles. The predicted octanol–water partition coefficient (Wildman–Crippen LogP) is 2.97. The van der Waals surface area contributed by atoms with Crippen LogP contribution in [0.25, 0.3) is 0 Å². The van der Waals surface area contributed by atoms with Gasteiger partial charge in [-0.05, 0) is 32.7 Å². The molecule has 2 heteroatoms. The summed E-state index contributed by atoms with van der Waals surface area (Å²) in [6.45, 7) is 8.26. The molecule has 2 nitrogen and oxygen atoms in total. The molecule has 0 amide bonds. The highest BCUT2D eigenvalue weighted by Gasteiger charge is 2.19. The quantitative estimate of drug-likeness (QED) is 0.577. The fourth-order valence-corrected chi connectivity index (χ4v) is 1.89. The van der Waals surface area contributed by atoms with E-state index in [1.807, 2.05) is 0 Å². The van der Waals surface area contributed by atoms with Crippen molar-refractivity contribution >= 4 is 0 Å². The van der Waals surface area contributed by atoms with E-state index in [1.165, 1.54) is 0 Å². The Kier molecular flexibility index (Phi) is 10.6. The van der Waals surface area contributed by atoms with Gasteiger partial charge in [0.25, 0.3) is 0 Å². The van der Waals surface area contributed by atoms with Gasteiger partial charge >= 0.3 is 0 Å². The summed E-state index contributed by atoms with van der Waals surface area (Å²) in [6, 6.07) is 0.413. The lowest BCUT2D eigenvalue weighted by molar-refractivity contribution is 0.0263. The molecule has 0 fully saturated rings. The first-order valence-corrected chi connectivity index (χ1v) is 6.58. The van der Waals surface area contributed by atoms with Crippen LogP contribution in [0.1, 0.15) is 52.9 Å². The van der Waals surface area contributed by atoms with E-state index in [2.05, 4.69) is 32.0 Å². The van der Waals surface area contributed by atoms with Gasteiger partial charge in [-0.1, -0.05) is 20.3 Å². The molecule has 0 aliphatic carbocycles. The molecule has 0 aliphatic rings. The van der Waals surface area contributed by atoms with E-state index in [0.717, 1.165) is 45.3 Å². The molecule has 94 valence electrons. The van der Waals surface area contributed by atoms with E-state index in [-0.39, 0.29) is 0 Å². The van der Waals surface area contributed by atoms with E-state index in [9.17, 15) is 0 Å². The zero-order chi connectivity index (χ0) is 12.2. The SMILES string of the molecule is C#CCCC(NCCC)C(CCC)OCC. The maximum absolute atomic E-state index is 5.81. The summed E-state index contributed by atoms with van der Waals surface area (Å²) in [6.07, 6.45) is 10.9. The fourth-order valence-electron chi connectivity index (χ4n) is 1.89. The van der Waals surface area contributed by atoms with Crippen LogP contribution in [0.5, 0.6) is 0 Å². The molecule has 0 rings (SSSR count). The third-order valence-corrected chi connectivity index (χ3v) is 2.66. The van der Waals surface area contributed by atoms with Crippen LogP contribution in [-0.4, -0.2) is 25.3 Å². The van der Waals surface area contributed by atoms with Crippen molar-refractivity contribution in [2.24, 2.45) is 0 Å². The predicted molar refractivity (Wildman–Crippen MR) is 70.5 cm³/mol. The van der Waals surface area contributed by atoms with Crippen molar-refractivity contribution in [3.05, 3.63) is 0 Å². The summed E-state index contributed by atoms with van der Waals surface area (Å²) in [5.74, 6) is 2.72. The molecule has 0 saturated carbocycles. The Hall–Kier alpha value is -0.520. The molecular weight excluding hydrogens is 198 g/mol. The van der Waals surface area contributed by atoms with Gasteiger partial charge in [0.2, 0.25) is 0 Å². The summed E-state index contributed by atoms with van der Waals surface area (Å²) in [4.78, 5) is 0. The van der Waals surface area contributed by atoms with Gasteiger partial charge in [-0.25, -0.2) is 0 Å². The molecule has 0 aromatic rings. The zero-order valence-corrected chi connectivity index (χ0v) is 11.1. The number of rotatable bonds is 10. The number of nitrogens with one attached hydrogen (secondary N) is 1. The summed E-state index contributed by atoms with van der Waals surface area (Å²) in [5, 5.41) is 3.55. The van der Waals surface area contributed by atoms with Crippen LogP contribution in [0.4, 0.5) is 0 Å². The van der Waals surface area contributed by atoms with Crippen LogP contribution in [0, 0.1) is 12.3 Å². The van der Waals surface area contributed by atoms with Gasteiger partial charge in [0.15, 0.2) is 0 Å². The lowest BCUT2D eigenvalue weighted by Gasteiger charge is -2.27. The second-order valence-electron chi connectivity index (χ2n) is 4.09. The number of terminal acetylenes is 1. The molecule has 2 unspecified atom stereocenters. The third-order valence-electron chi connectivity index (χ3n) is 2.66. The van der Waals surface area contributed by atoms with Crippen LogP contribution in [0.2, 0.25) is 0 Å². The number of hydrogen-bond acceptors (Lipinski definition) is 2. The molecule has 0 aromatic heterocycles. The first-order valence-electron chi connectivity index (χ1n) is 6.58. The summed E-state index contributed by atoms with van der Waals surface area (Å²) in [5.41, 5.74) is 0. The van der Waals surface area contributed by atoms with Crippen molar-refractivity contribution in [3.63, 3.8) is 0 Å². The Morgan fingerprint density at radius 1 is 1.19 bits per heavy atom. The standard InChI is InChI=1S/C14H27NO/c1-5-9-11-13(15-12-7-3)14(10-6-2)16-8-4/h1,13-15H,6-12H2,2-4H3. The van der Waals surface area contributed by atoms with Crippen molar-refractivity contribution in [1.29, 1.82) is 0 Å². The molecule has 2 atom stereocenters. The molecule has 0 saturated heterocycles. The second kappa shape index (κ2) is 11.0. The van der Waals surface area contributed by atoms with Crippen molar-refractivity contribution in [3.8, 4) is 12.3 Å². The van der Waals surface area contributed by atoms with Gasteiger partial charge in [-0.15, -0.1) is 12.3 Å². The van der Waals surface area contributed by atoms with Crippen LogP contribution in [0.15, 0.2) is 0 Å². The maximum Gasteiger partial charge on any atom is 0.0728 e. The molecule has 0 radical (unpaired) electrons. The van der Waals surface area contributed by atoms with Gasteiger partial charge in [0.1, 0.15) is 0 Å². The van der Waals surface area contributed by atoms with Crippen molar-refractivity contribution in [2.45, 2.75) is 65.0 Å². The first-order chi connectivity index (χ1) is 7.79. The Morgan fingerprint density at radius 2 is 1.94 bits per heavy atom. The minimum Gasteiger partial charge on any atom is -0.377 e. The average Bonchev–Trinajstić information content (AvgIpc) is 2.29. The Bertz CT molecular complexity index is 180. The minimum absolute atomic E-state index is 0.315. The van der Waals surface area contributed by atoms with E-state index in [0.29, 0.717) is 12.1 Å². The largest absolute Gasteiger partial charge is 0.377 e. The summed E-state index contributed by atoms with van der Waals surface area (Å²) >= 11 is 0.